The van der Waals surface area contributed by atoms with E-state index in [1.54, 1.807) is 13.2 Å². The minimum absolute atomic E-state index is 0.106. The number of ether oxygens (including phenoxy) is 3. The molecule has 4 rings (SSSR count). The lowest BCUT2D eigenvalue weighted by Gasteiger charge is -2.34. The van der Waals surface area contributed by atoms with Gasteiger partial charge in [-0.2, -0.15) is 4.98 Å². The van der Waals surface area contributed by atoms with Gasteiger partial charge in [0.05, 0.1) is 19.3 Å². The van der Waals surface area contributed by atoms with Gasteiger partial charge < -0.3 is 24.0 Å². The number of rotatable bonds is 8. The molecule has 2 aromatic rings. The minimum atomic E-state index is -0.106. The smallest absolute Gasteiger partial charge is 0.254 e. The molecule has 33 heavy (non-hydrogen) atoms. The number of anilines is 2. The van der Waals surface area contributed by atoms with Gasteiger partial charge in [-0.1, -0.05) is 25.0 Å². The van der Waals surface area contributed by atoms with Crippen molar-refractivity contribution >= 4 is 11.8 Å². The van der Waals surface area contributed by atoms with Crippen molar-refractivity contribution in [1.29, 1.82) is 0 Å². The van der Waals surface area contributed by atoms with Gasteiger partial charge in [0.15, 0.2) is 0 Å². The minimum Gasteiger partial charge on any atom is -0.491 e. The second kappa shape index (κ2) is 11.5. The number of morpholine rings is 1. The van der Waals surface area contributed by atoms with Crippen molar-refractivity contribution in [3.05, 3.63) is 46.2 Å². The van der Waals surface area contributed by atoms with Gasteiger partial charge in [-0.25, -0.2) is 0 Å². The Morgan fingerprint density at radius 1 is 1.18 bits per heavy atom. The van der Waals surface area contributed by atoms with E-state index in [0.29, 0.717) is 25.8 Å². The molecule has 0 aliphatic carbocycles. The predicted octanol–water partition coefficient (Wildman–Crippen LogP) is 3.01. The number of nitrogens with one attached hydrogen (secondary N) is 1. The molecule has 2 fully saturated rings. The Hall–Kier alpha value is -2.58. The molecule has 0 amide bonds. The van der Waals surface area contributed by atoms with E-state index >= 15 is 0 Å². The fourth-order valence-corrected chi connectivity index (χ4v) is 4.70. The van der Waals surface area contributed by atoms with Crippen molar-refractivity contribution in [2.75, 3.05) is 56.4 Å². The van der Waals surface area contributed by atoms with Crippen molar-refractivity contribution in [3.8, 4) is 5.75 Å². The summed E-state index contributed by atoms with van der Waals surface area (Å²) >= 11 is 0. The van der Waals surface area contributed by atoms with Crippen molar-refractivity contribution < 1.29 is 14.2 Å². The van der Waals surface area contributed by atoms with E-state index in [-0.39, 0.29) is 17.7 Å². The lowest BCUT2D eigenvalue weighted by molar-refractivity contribution is 0.0529. The molecule has 180 valence electrons. The molecule has 2 saturated heterocycles. The third-order valence-corrected chi connectivity index (χ3v) is 6.36. The van der Waals surface area contributed by atoms with Crippen molar-refractivity contribution in [2.24, 2.45) is 0 Å². The van der Waals surface area contributed by atoms with Crippen LogP contribution in [0, 0.1) is 0 Å². The molecule has 8 heteroatoms. The third kappa shape index (κ3) is 6.48. The molecule has 1 aromatic heterocycles. The molecule has 8 nitrogen and oxygen atoms in total. The van der Waals surface area contributed by atoms with E-state index in [2.05, 4.69) is 33.8 Å². The summed E-state index contributed by atoms with van der Waals surface area (Å²) in [6.45, 7) is 6.19. The predicted molar refractivity (Wildman–Crippen MR) is 130 cm³/mol. The van der Waals surface area contributed by atoms with Gasteiger partial charge in [-0.3, -0.25) is 9.78 Å². The zero-order valence-corrected chi connectivity index (χ0v) is 19.8. The summed E-state index contributed by atoms with van der Waals surface area (Å²) in [5.41, 5.74) is 1.12. The van der Waals surface area contributed by atoms with Crippen LogP contribution in [-0.2, 0) is 15.9 Å². The summed E-state index contributed by atoms with van der Waals surface area (Å²) < 4.78 is 16.6. The van der Waals surface area contributed by atoms with Crippen LogP contribution in [0.5, 0.6) is 5.75 Å². The average molecular weight is 457 g/mol. The Labute approximate surface area is 195 Å². The number of nitrogens with zero attached hydrogens (tertiary/aromatic N) is 3. The zero-order chi connectivity index (χ0) is 23.0. The van der Waals surface area contributed by atoms with Crippen molar-refractivity contribution in [2.45, 2.75) is 51.2 Å². The standard InChI is InChI=1S/C25H36N4O4/c1-19-18-28(11-12-32-19)23-17-24(30)27-25(26-23)29-10-5-3-4-8-21(29)15-20-7-6-9-22(16-20)33-14-13-31-2/h6-7,9,16-17,19,21H,3-5,8,10-15,18H2,1-2H3,(H,26,27,30)/t19-,21-/m1/s1. The summed E-state index contributed by atoms with van der Waals surface area (Å²) in [6, 6.07) is 10.2. The van der Waals surface area contributed by atoms with Crippen LogP contribution >= 0.6 is 0 Å². The summed E-state index contributed by atoms with van der Waals surface area (Å²) in [5.74, 6) is 2.27. The number of hydrogen-bond donors (Lipinski definition) is 1. The maximum absolute atomic E-state index is 12.6. The van der Waals surface area contributed by atoms with Crippen LogP contribution in [0.4, 0.5) is 11.8 Å². The molecule has 1 aromatic carbocycles. The van der Waals surface area contributed by atoms with Gasteiger partial charge in [-0.05, 0) is 43.9 Å². The molecule has 0 saturated carbocycles. The molecule has 3 heterocycles. The van der Waals surface area contributed by atoms with E-state index in [1.807, 2.05) is 12.1 Å². The van der Waals surface area contributed by atoms with E-state index in [4.69, 9.17) is 19.2 Å². The molecule has 0 spiro atoms. The first kappa shape index (κ1) is 23.6. The molecule has 0 bridgehead atoms. The molecule has 2 atom stereocenters. The van der Waals surface area contributed by atoms with Crippen LogP contribution in [0.2, 0.25) is 0 Å². The Bertz CT molecular complexity index is 950. The average Bonchev–Trinajstić information content (AvgIpc) is 3.05. The highest BCUT2D eigenvalue weighted by molar-refractivity contribution is 5.45. The molecule has 2 aliphatic heterocycles. The maximum atomic E-state index is 12.6. The highest BCUT2D eigenvalue weighted by Crippen LogP contribution is 2.26. The number of H-pyrrole nitrogens is 1. The maximum Gasteiger partial charge on any atom is 0.254 e. The summed E-state index contributed by atoms with van der Waals surface area (Å²) in [6.07, 6.45) is 5.54. The van der Waals surface area contributed by atoms with Gasteiger partial charge in [0.2, 0.25) is 5.95 Å². The van der Waals surface area contributed by atoms with Gasteiger partial charge in [0.1, 0.15) is 18.2 Å². The number of aromatic nitrogens is 2. The van der Waals surface area contributed by atoms with Crippen LogP contribution in [0.25, 0.3) is 0 Å². The van der Waals surface area contributed by atoms with Crippen LogP contribution in [0.3, 0.4) is 0 Å². The summed E-state index contributed by atoms with van der Waals surface area (Å²) in [4.78, 5) is 25.0. The van der Waals surface area contributed by atoms with Gasteiger partial charge in [0, 0.05) is 38.9 Å². The topological polar surface area (TPSA) is 79.9 Å². The number of methoxy groups -OCH3 is 1. The SMILES string of the molecule is COCCOc1cccc(C[C@H]2CCCCCN2c2nc(N3CCO[C@H](C)C3)cc(=O)[nH]2)c1. The van der Waals surface area contributed by atoms with E-state index in [0.717, 1.165) is 50.5 Å². The lowest BCUT2D eigenvalue weighted by Crippen LogP contribution is -2.43. The van der Waals surface area contributed by atoms with Gasteiger partial charge in [-0.15, -0.1) is 0 Å². The largest absolute Gasteiger partial charge is 0.491 e. The Morgan fingerprint density at radius 2 is 2.09 bits per heavy atom. The Balaban J connectivity index is 1.54. The fourth-order valence-electron chi connectivity index (χ4n) is 4.70. The lowest BCUT2D eigenvalue weighted by atomic mass is 10.0. The van der Waals surface area contributed by atoms with Gasteiger partial charge in [0.25, 0.3) is 5.56 Å². The molecule has 1 N–H and O–H groups in total. The van der Waals surface area contributed by atoms with Crippen LogP contribution in [0.1, 0.15) is 38.2 Å². The normalized spacial score (nSPS) is 21.6. The first-order chi connectivity index (χ1) is 16.1. The molecular weight excluding hydrogens is 420 g/mol. The Morgan fingerprint density at radius 3 is 2.94 bits per heavy atom. The fraction of sp³-hybridized carbons (Fsp3) is 0.600. The zero-order valence-electron chi connectivity index (χ0n) is 19.8. The van der Waals surface area contributed by atoms with Crippen molar-refractivity contribution in [1.82, 2.24) is 9.97 Å². The molecule has 2 aliphatic rings. The van der Waals surface area contributed by atoms with E-state index < -0.39 is 0 Å². The first-order valence-electron chi connectivity index (χ1n) is 12.1. The molecule has 0 radical (unpaired) electrons. The highest BCUT2D eigenvalue weighted by Gasteiger charge is 2.25. The number of benzene rings is 1. The Kier molecular flexibility index (Phi) is 8.23. The second-order valence-electron chi connectivity index (χ2n) is 8.94. The second-order valence-corrected chi connectivity index (χ2v) is 8.94. The van der Waals surface area contributed by atoms with Crippen molar-refractivity contribution in [3.63, 3.8) is 0 Å². The van der Waals surface area contributed by atoms with Crippen LogP contribution in [0.15, 0.2) is 35.1 Å². The van der Waals surface area contributed by atoms with E-state index in [1.165, 1.54) is 18.4 Å². The summed E-state index contributed by atoms with van der Waals surface area (Å²) in [5, 5.41) is 0. The monoisotopic (exact) mass is 456 g/mol. The molecular formula is C25H36N4O4. The van der Waals surface area contributed by atoms with Gasteiger partial charge >= 0.3 is 0 Å². The quantitative estimate of drug-likeness (QED) is 0.612. The van der Waals surface area contributed by atoms with Crippen LogP contribution < -0.4 is 20.1 Å². The van der Waals surface area contributed by atoms with Crippen LogP contribution in [-0.4, -0.2) is 68.7 Å². The number of aromatic amines is 1. The first-order valence-corrected chi connectivity index (χ1v) is 12.1. The number of hydrogen-bond acceptors (Lipinski definition) is 7. The summed E-state index contributed by atoms with van der Waals surface area (Å²) in [7, 11) is 1.67. The third-order valence-electron chi connectivity index (χ3n) is 6.36. The molecule has 0 unspecified atom stereocenters. The highest BCUT2D eigenvalue weighted by atomic mass is 16.5. The van der Waals surface area contributed by atoms with E-state index in [9.17, 15) is 4.79 Å².